The first-order valence-corrected chi connectivity index (χ1v) is 18.8. The number of amides is 1. The summed E-state index contributed by atoms with van der Waals surface area (Å²) in [7, 11) is -6.57. The number of benzene rings is 3. The number of nitrogens with zero attached hydrogens (tertiary/aromatic N) is 1. The molecule has 1 N–H and O–H groups in total. The van der Waals surface area contributed by atoms with Gasteiger partial charge in [0.15, 0.2) is 9.84 Å². The van der Waals surface area contributed by atoms with Crippen molar-refractivity contribution in [1.29, 1.82) is 0 Å². The molecule has 0 bridgehead atoms. The standard InChI is InChI=1S/C34H34N2O5S3/c1-21(2)36-34(37)31-20-30(24-11-13-28(14-12-24)44(5,40)41)33(42-31)27-9-6-8-25(19-27)29-18-23(16-22(3)43(4,38)39)17-26-10-7-15-35-32(26)29/h6-15,17-22H,16H2,1-5H3,(H,36,37). The minimum Gasteiger partial charge on any atom is -0.349 e. The molecule has 0 spiro atoms. The molecule has 7 nitrogen and oxygen atoms in total. The summed E-state index contributed by atoms with van der Waals surface area (Å²) in [5.74, 6) is -0.177. The van der Waals surface area contributed by atoms with Crippen molar-refractivity contribution in [2.24, 2.45) is 0 Å². The molecule has 0 aliphatic heterocycles. The number of aromatic nitrogens is 1. The van der Waals surface area contributed by atoms with Gasteiger partial charge < -0.3 is 5.32 Å². The van der Waals surface area contributed by atoms with Crippen LogP contribution < -0.4 is 5.32 Å². The Morgan fingerprint density at radius 2 is 1.52 bits per heavy atom. The third-order valence-corrected chi connectivity index (χ3v) is 11.4. The molecule has 5 aromatic rings. The summed E-state index contributed by atoms with van der Waals surface area (Å²) in [4.78, 5) is 19.4. The number of carbonyl (C=O) groups is 1. The maximum absolute atomic E-state index is 13.1. The molecule has 44 heavy (non-hydrogen) atoms. The number of sulfone groups is 2. The fourth-order valence-electron chi connectivity index (χ4n) is 5.05. The van der Waals surface area contributed by atoms with Crippen molar-refractivity contribution >= 4 is 47.8 Å². The number of thiophene rings is 1. The van der Waals surface area contributed by atoms with Crippen LogP contribution in [0.15, 0.2) is 90.0 Å². The van der Waals surface area contributed by atoms with Crippen LogP contribution in [0.4, 0.5) is 0 Å². The Labute approximate surface area is 262 Å². The van der Waals surface area contributed by atoms with Gasteiger partial charge in [0.1, 0.15) is 9.84 Å². The van der Waals surface area contributed by atoms with Crippen LogP contribution in [0.25, 0.3) is 43.6 Å². The molecule has 0 saturated heterocycles. The number of fused-ring (bicyclic) bond motifs is 1. The first-order valence-electron chi connectivity index (χ1n) is 14.1. The molecule has 0 aliphatic rings. The Morgan fingerprint density at radius 1 is 0.818 bits per heavy atom. The highest BCUT2D eigenvalue weighted by molar-refractivity contribution is 7.91. The molecule has 0 saturated carbocycles. The Hall–Kier alpha value is -3.86. The van der Waals surface area contributed by atoms with Gasteiger partial charge in [-0.15, -0.1) is 11.3 Å². The fourth-order valence-corrected chi connectivity index (χ4v) is 7.26. The summed E-state index contributed by atoms with van der Waals surface area (Å²) >= 11 is 1.38. The fraction of sp³-hybridized carbons (Fsp3) is 0.235. The van der Waals surface area contributed by atoms with Gasteiger partial charge >= 0.3 is 0 Å². The molecule has 2 aromatic heterocycles. The minimum absolute atomic E-state index is 0.0349. The largest absolute Gasteiger partial charge is 0.349 e. The smallest absolute Gasteiger partial charge is 0.261 e. The normalized spacial score (nSPS) is 12.9. The molecule has 1 unspecified atom stereocenters. The number of nitrogens with one attached hydrogen (secondary N) is 1. The zero-order valence-electron chi connectivity index (χ0n) is 25.2. The van der Waals surface area contributed by atoms with E-state index in [1.54, 1.807) is 37.4 Å². The molecule has 0 aliphatic carbocycles. The van der Waals surface area contributed by atoms with Crippen molar-refractivity contribution in [2.45, 2.75) is 43.4 Å². The zero-order valence-corrected chi connectivity index (χ0v) is 27.6. The van der Waals surface area contributed by atoms with E-state index in [-0.39, 0.29) is 16.8 Å². The van der Waals surface area contributed by atoms with Gasteiger partial charge in [0, 0.05) is 46.1 Å². The van der Waals surface area contributed by atoms with Gasteiger partial charge in [-0.05, 0) is 91.9 Å². The average Bonchev–Trinajstić information content (AvgIpc) is 3.42. The highest BCUT2D eigenvalue weighted by atomic mass is 32.2. The Balaban J connectivity index is 1.65. The molecular formula is C34H34N2O5S3. The van der Waals surface area contributed by atoms with Crippen LogP contribution in [0.5, 0.6) is 0 Å². The number of pyridine rings is 1. The first-order chi connectivity index (χ1) is 20.7. The second kappa shape index (κ2) is 12.3. The van der Waals surface area contributed by atoms with Gasteiger partial charge in [-0.3, -0.25) is 9.78 Å². The van der Waals surface area contributed by atoms with Crippen molar-refractivity contribution in [1.82, 2.24) is 10.3 Å². The van der Waals surface area contributed by atoms with Crippen LogP contribution in [0.3, 0.4) is 0 Å². The van der Waals surface area contributed by atoms with Crippen LogP contribution in [0, 0.1) is 0 Å². The summed E-state index contributed by atoms with van der Waals surface area (Å²) < 4.78 is 48.6. The van der Waals surface area contributed by atoms with Crippen LogP contribution in [-0.4, -0.2) is 51.5 Å². The SMILES string of the molecule is CC(C)NC(=O)c1cc(-c2ccc(S(C)(=O)=O)cc2)c(-c2cccc(-c3cc(CC(C)S(C)(=O)=O)cc4cccnc34)c2)s1. The van der Waals surface area contributed by atoms with Gasteiger partial charge in [-0.2, -0.15) is 0 Å². The van der Waals surface area contributed by atoms with E-state index in [9.17, 15) is 21.6 Å². The van der Waals surface area contributed by atoms with Gasteiger partial charge in [0.2, 0.25) is 0 Å². The van der Waals surface area contributed by atoms with Crippen molar-refractivity contribution in [3.8, 4) is 32.7 Å². The minimum atomic E-state index is -3.36. The summed E-state index contributed by atoms with van der Waals surface area (Å²) in [6, 6.07) is 24.3. The van der Waals surface area contributed by atoms with Crippen molar-refractivity contribution in [2.75, 3.05) is 12.5 Å². The summed E-state index contributed by atoms with van der Waals surface area (Å²) in [5.41, 5.74) is 5.99. The van der Waals surface area contributed by atoms with Crippen molar-refractivity contribution < 1.29 is 21.6 Å². The molecule has 2 heterocycles. The highest BCUT2D eigenvalue weighted by Gasteiger charge is 2.20. The molecular weight excluding hydrogens is 613 g/mol. The third-order valence-electron chi connectivity index (χ3n) is 7.42. The van der Waals surface area contributed by atoms with E-state index in [2.05, 4.69) is 16.4 Å². The Bertz CT molecular complexity index is 2080. The number of carbonyl (C=O) groups excluding carboxylic acids is 1. The molecule has 1 atom stereocenters. The van der Waals surface area contributed by atoms with Gasteiger partial charge in [-0.1, -0.05) is 36.4 Å². The zero-order chi connectivity index (χ0) is 31.8. The lowest BCUT2D eigenvalue weighted by atomic mass is 9.95. The lowest BCUT2D eigenvalue weighted by Gasteiger charge is -2.14. The molecule has 5 rings (SSSR count). The van der Waals surface area contributed by atoms with Crippen LogP contribution in [0.2, 0.25) is 0 Å². The lowest BCUT2D eigenvalue weighted by molar-refractivity contribution is 0.0947. The monoisotopic (exact) mass is 646 g/mol. The van der Waals surface area contributed by atoms with Crippen molar-refractivity contribution in [3.05, 3.63) is 95.5 Å². The average molecular weight is 647 g/mol. The van der Waals surface area contributed by atoms with E-state index in [1.807, 2.05) is 62.4 Å². The summed E-state index contributed by atoms with van der Waals surface area (Å²) in [5, 5.41) is 3.35. The predicted octanol–water partition coefficient (Wildman–Crippen LogP) is 6.81. The first kappa shape index (κ1) is 31.6. The van der Waals surface area contributed by atoms with Gasteiger partial charge in [0.25, 0.3) is 5.91 Å². The van der Waals surface area contributed by atoms with Gasteiger partial charge in [0.05, 0.1) is 20.5 Å². The maximum atomic E-state index is 13.1. The van der Waals surface area contributed by atoms with Crippen LogP contribution in [0.1, 0.15) is 36.0 Å². The third kappa shape index (κ3) is 6.93. The Kier molecular flexibility index (Phi) is 8.80. The lowest BCUT2D eigenvalue weighted by Crippen LogP contribution is -2.29. The van der Waals surface area contributed by atoms with Crippen molar-refractivity contribution in [3.63, 3.8) is 0 Å². The van der Waals surface area contributed by atoms with E-state index in [4.69, 9.17) is 0 Å². The van der Waals surface area contributed by atoms with E-state index in [0.29, 0.717) is 11.3 Å². The maximum Gasteiger partial charge on any atom is 0.261 e. The van der Waals surface area contributed by atoms with Crippen LogP contribution in [-0.2, 0) is 26.1 Å². The number of hydrogen-bond donors (Lipinski definition) is 1. The Morgan fingerprint density at radius 3 is 2.18 bits per heavy atom. The quantitative estimate of drug-likeness (QED) is 0.188. The topological polar surface area (TPSA) is 110 Å². The molecule has 0 radical (unpaired) electrons. The molecule has 0 fully saturated rings. The van der Waals surface area contributed by atoms with E-state index >= 15 is 0 Å². The summed E-state index contributed by atoms with van der Waals surface area (Å²) in [6.45, 7) is 5.53. The van der Waals surface area contributed by atoms with E-state index in [1.165, 1.54) is 23.8 Å². The number of hydrogen-bond acceptors (Lipinski definition) is 7. The van der Waals surface area contributed by atoms with Crippen LogP contribution >= 0.6 is 11.3 Å². The molecule has 228 valence electrons. The predicted molar refractivity (Wildman–Crippen MR) is 180 cm³/mol. The molecule has 1 amide bonds. The summed E-state index contributed by atoms with van der Waals surface area (Å²) in [6.07, 6.45) is 4.55. The second-order valence-electron chi connectivity index (χ2n) is 11.4. The van der Waals surface area contributed by atoms with Gasteiger partial charge in [-0.25, -0.2) is 16.8 Å². The van der Waals surface area contributed by atoms with E-state index < -0.39 is 24.9 Å². The van der Waals surface area contributed by atoms with E-state index in [0.717, 1.165) is 49.2 Å². The highest BCUT2D eigenvalue weighted by Crippen LogP contribution is 2.41. The molecule has 10 heteroatoms. The number of rotatable bonds is 9. The molecule has 3 aromatic carbocycles. The second-order valence-corrected chi connectivity index (χ2v) is 17.0.